The number of benzene rings is 1. The van der Waals surface area contributed by atoms with Gasteiger partial charge in [0.2, 0.25) is 0 Å². The lowest BCUT2D eigenvalue weighted by atomic mass is 10.0. The Balaban J connectivity index is 1.28. The van der Waals surface area contributed by atoms with E-state index in [1.165, 1.54) is 41.9 Å². The standard InChI is InChI=1S/C24H31N5O4/c1-16-3-4-18(22(11-16)29-19-5-6-20(29)15-33-14-19)13-26-9-10-27(17(2)12-26)24(32)28-8-7-21(25-28)23(30)31/h3-4,7-8,11,17,19-20H,5-6,9-10,12-15H2,1-2H3,(H,30,31)/t17-,19?,20?/m1/s1. The number of carboxylic acids is 1. The fraction of sp³-hybridized carbons (Fsp3) is 0.542. The monoisotopic (exact) mass is 453 g/mol. The minimum absolute atomic E-state index is 0.00260. The van der Waals surface area contributed by atoms with Crippen LogP contribution in [0.2, 0.25) is 0 Å². The number of rotatable bonds is 4. The number of anilines is 1. The van der Waals surface area contributed by atoms with Crippen LogP contribution in [-0.4, -0.2) is 87.7 Å². The third kappa shape index (κ3) is 4.22. The van der Waals surface area contributed by atoms with E-state index in [1.54, 1.807) is 4.90 Å². The van der Waals surface area contributed by atoms with Gasteiger partial charge in [0, 0.05) is 44.1 Å². The van der Waals surface area contributed by atoms with Crippen LogP contribution in [0, 0.1) is 6.92 Å². The van der Waals surface area contributed by atoms with Gasteiger partial charge in [0.25, 0.3) is 0 Å². The Hall–Kier alpha value is -2.91. The molecule has 5 rings (SSSR count). The number of carbonyl (C=O) groups excluding carboxylic acids is 1. The summed E-state index contributed by atoms with van der Waals surface area (Å²) in [5, 5.41) is 13.0. The topological polar surface area (TPSA) is 91.1 Å². The lowest BCUT2D eigenvalue weighted by molar-refractivity contribution is 0.0689. The van der Waals surface area contributed by atoms with Crippen molar-refractivity contribution in [3.63, 3.8) is 0 Å². The highest BCUT2D eigenvalue weighted by molar-refractivity contribution is 5.86. The van der Waals surface area contributed by atoms with Crippen molar-refractivity contribution in [1.82, 2.24) is 19.6 Å². The second kappa shape index (κ2) is 8.79. The van der Waals surface area contributed by atoms with E-state index in [-0.39, 0.29) is 17.8 Å². The van der Waals surface area contributed by atoms with Gasteiger partial charge in [-0.05, 0) is 49.9 Å². The highest BCUT2D eigenvalue weighted by Gasteiger charge is 2.38. The summed E-state index contributed by atoms with van der Waals surface area (Å²) in [7, 11) is 0. The smallest absolute Gasteiger partial charge is 0.356 e. The van der Waals surface area contributed by atoms with Crippen molar-refractivity contribution in [3.05, 3.63) is 47.3 Å². The van der Waals surface area contributed by atoms with Crippen molar-refractivity contribution in [3.8, 4) is 0 Å². The second-order valence-corrected chi connectivity index (χ2v) is 9.47. The predicted molar refractivity (Wildman–Crippen MR) is 123 cm³/mol. The molecular formula is C24H31N5O4. The first-order valence-electron chi connectivity index (χ1n) is 11.7. The Kier molecular flexibility index (Phi) is 5.84. The van der Waals surface area contributed by atoms with E-state index in [9.17, 15) is 9.59 Å². The normalized spacial score (nSPS) is 25.5. The van der Waals surface area contributed by atoms with Gasteiger partial charge in [-0.2, -0.15) is 9.78 Å². The number of ether oxygens (including phenoxy) is 1. The Morgan fingerprint density at radius 2 is 1.91 bits per heavy atom. The molecule has 3 aliphatic rings. The summed E-state index contributed by atoms with van der Waals surface area (Å²) >= 11 is 0. The van der Waals surface area contributed by atoms with E-state index in [2.05, 4.69) is 40.0 Å². The van der Waals surface area contributed by atoms with Crippen LogP contribution in [0.4, 0.5) is 10.5 Å². The second-order valence-electron chi connectivity index (χ2n) is 9.47. The van der Waals surface area contributed by atoms with Gasteiger partial charge >= 0.3 is 12.0 Å². The molecule has 9 heteroatoms. The summed E-state index contributed by atoms with van der Waals surface area (Å²) in [6.45, 7) is 8.71. The molecule has 176 valence electrons. The van der Waals surface area contributed by atoms with Gasteiger partial charge in [-0.25, -0.2) is 9.59 Å². The first-order valence-corrected chi connectivity index (χ1v) is 11.7. The molecule has 2 unspecified atom stereocenters. The van der Waals surface area contributed by atoms with Crippen LogP contribution >= 0.6 is 0 Å². The number of hydrogen-bond donors (Lipinski definition) is 1. The molecule has 0 radical (unpaired) electrons. The van der Waals surface area contributed by atoms with Gasteiger partial charge in [-0.3, -0.25) is 4.90 Å². The largest absolute Gasteiger partial charge is 0.476 e. The van der Waals surface area contributed by atoms with Crippen molar-refractivity contribution < 1.29 is 19.4 Å². The summed E-state index contributed by atoms with van der Waals surface area (Å²) in [4.78, 5) is 30.7. The maximum absolute atomic E-state index is 12.9. The number of carbonyl (C=O) groups is 2. The first-order chi connectivity index (χ1) is 15.9. The SMILES string of the molecule is Cc1ccc(CN2CCN(C(=O)n3ccc(C(=O)O)n3)[C@H](C)C2)c(N2C3CCC2COC3)c1. The number of aromatic carboxylic acids is 1. The maximum Gasteiger partial charge on any atom is 0.356 e. The number of piperazine rings is 1. The van der Waals surface area contributed by atoms with E-state index in [4.69, 9.17) is 9.84 Å². The van der Waals surface area contributed by atoms with E-state index in [1.807, 2.05) is 6.92 Å². The number of amides is 1. The molecule has 0 aliphatic carbocycles. The van der Waals surface area contributed by atoms with Crippen LogP contribution in [0.15, 0.2) is 30.5 Å². The number of nitrogens with zero attached hydrogens (tertiary/aromatic N) is 5. The summed E-state index contributed by atoms with van der Waals surface area (Å²) < 4.78 is 6.93. The van der Waals surface area contributed by atoms with Gasteiger partial charge < -0.3 is 19.6 Å². The number of hydrogen-bond acceptors (Lipinski definition) is 6. The molecule has 2 bridgehead atoms. The summed E-state index contributed by atoms with van der Waals surface area (Å²) in [5.74, 6) is -1.14. The van der Waals surface area contributed by atoms with Gasteiger partial charge in [0.05, 0.1) is 25.3 Å². The quantitative estimate of drug-likeness (QED) is 0.760. The van der Waals surface area contributed by atoms with E-state index >= 15 is 0 Å². The van der Waals surface area contributed by atoms with E-state index in [0.717, 1.165) is 37.5 Å². The minimum atomic E-state index is -1.14. The van der Waals surface area contributed by atoms with Gasteiger partial charge in [-0.1, -0.05) is 12.1 Å². The van der Waals surface area contributed by atoms with E-state index in [0.29, 0.717) is 18.6 Å². The molecule has 0 spiro atoms. The van der Waals surface area contributed by atoms with Crippen molar-refractivity contribution in [2.75, 3.05) is 37.7 Å². The van der Waals surface area contributed by atoms with Crippen LogP contribution in [0.25, 0.3) is 0 Å². The Morgan fingerprint density at radius 3 is 2.58 bits per heavy atom. The molecule has 9 nitrogen and oxygen atoms in total. The van der Waals surface area contributed by atoms with Crippen molar-refractivity contribution >= 4 is 17.7 Å². The summed E-state index contributed by atoms with van der Waals surface area (Å²) in [5.41, 5.74) is 3.79. The fourth-order valence-electron chi connectivity index (χ4n) is 5.45. The third-order valence-electron chi connectivity index (χ3n) is 7.11. The van der Waals surface area contributed by atoms with Crippen LogP contribution in [0.3, 0.4) is 0 Å². The fourth-order valence-corrected chi connectivity index (χ4v) is 5.45. The molecule has 1 N–H and O–H groups in total. The zero-order valence-electron chi connectivity index (χ0n) is 19.2. The molecule has 3 atom stereocenters. The Morgan fingerprint density at radius 1 is 1.15 bits per heavy atom. The number of aromatic nitrogens is 2. The molecule has 1 aromatic heterocycles. The van der Waals surface area contributed by atoms with Gasteiger partial charge in [0.1, 0.15) is 0 Å². The van der Waals surface area contributed by atoms with Crippen LogP contribution < -0.4 is 4.90 Å². The Bertz CT molecular complexity index is 1040. The summed E-state index contributed by atoms with van der Waals surface area (Å²) in [6, 6.07) is 8.73. The van der Waals surface area contributed by atoms with Crippen molar-refractivity contribution in [2.45, 2.75) is 51.4 Å². The zero-order valence-corrected chi connectivity index (χ0v) is 19.2. The number of fused-ring (bicyclic) bond motifs is 2. The molecule has 2 aromatic rings. The number of morpholine rings is 1. The van der Waals surface area contributed by atoms with Crippen molar-refractivity contribution in [2.24, 2.45) is 0 Å². The molecule has 3 saturated heterocycles. The van der Waals surface area contributed by atoms with E-state index < -0.39 is 5.97 Å². The molecule has 1 aromatic carbocycles. The predicted octanol–water partition coefficient (Wildman–Crippen LogP) is 2.43. The van der Waals surface area contributed by atoms with Crippen LogP contribution in [0.5, 0.6) is 0 Å². The average molecular weight is 454 g/mol. The van der Waals surface area contributed by atoms with Crippen LogP contribution in [0.1, 0.15) is 41.4 Å². The lowest BCUT2D eigenvalue weighted by Crippen LogP contribution is -2.54. The van der Waals surface area contributed by atoms with Crippen LogP contribution in [-0.2, 0) is 11.3 Å². The molecule has 1 amide bonds. The molecule has 3 aliphatic heterocycles. The molecular weight excluding hydrogens is 422 g/mol. The summed E-state index contributed by atoms with van der Waals surface area (Å²) in [6.07, 6.45) is 3.79. The highest BCUT2D eigenvalue weighted by atomic mass is 16.5. The molecule has 4 heterocycles. The van der Waals surface area contributed by atoms with Gasteiger partial charge in [-0.15, -0.1) is 0 Å². The maximum atomic E-state index is 12.9. The third-order valence-corrected chi connectivity index (χ3v) is 7.11. The average Bonchev–Trinajstić information content (AvgIpc) is 3.37. The number of aryl methyl sites for hydroxylation is 1. The number of carboxylic acid groups (broad SMARTS) is 1. The van der Waals surface area contributed by atoms with Gasteiger partial charge in [0.15, 0.2) is 5.69 Å². The molecule has 0 saturated carbocycles. The molecule has 3 fully saturated rings. The minimum Gasteiger partial charge on any atom is -0.476 e. The highest BCUT2D eigenvalue weighted by Crippen LogP contribution is 2.37. The zero-order chi connectivity index (χ0) is 23.1. The Labute approximate surface area is 193 Å². The van der Waals surface area contributed by atoms with Crippen molar-refractivity contribution in [1.29, 1.82) is 0 Å². The lowest BCUT2D eigenvalue weighted by Gasteiger charge is -2.41. The molecule has 33 heavy (non-hydrogen) atoms. The first kappa shape index (κ1) is 21.9.